The quantitative estimate of drug-likeness (QED) is 0.607. The van der Waals surface area contributed by atoms with Gasteiger partial charge in [0.2, 0.25) is 0 Å². The summed E-state index contributed by atoms with van der Waals surface area (Å²) in [5.41, 5.74) is 3.63. The van der Waals surface area contributed by atoms with Gasteiger partial charge < -0.3 is 4.90 Å². The molecule has 1 amide bonds. The summed E-state index contributed by atoms with van der Waals surface area (Å²) < 4.78 is 16.6. The van der Waals surface area contributed by atoms with E-state index in [1.807, 2.05) is 36.2 Å². The van der Waals surface area contributed by atoms with Gasteiger partial charge in [0.1, 0.15) is 11.4 Å². The van der Waals surface area contributed by atoms with Gasteiger partial charge in [0.05, 0.1) is 12.7 Å². The lowest BCUT2D eigenvalue weighted by atomic mass is 9.77. The number of para-hydroxylation sites is 1. The highest BCUT2D eigenvalue weighted by Crippen LogP contribution is 2.53. The third-order valence-electron chi connectivity index (χ3n) is 7.60. The number of amides is 1. The Kier molecular flexibility index (Phi) is 4.47. The van der Waals surface area contributed by atoms with Crippen LogP contribution in [0.2, 0.25) is 0 Å². The normalized spacial score (nSPS) is 23.2. The third-order valence-corrected chi connectivity index (χ3v) is 7.60. The molecule has 2 aliphatic heterocycles. The molecule has 3 aromatic rings. The van der Waals surface area contributed by atoms with E-state index in [0.717, 1.165) is 35.3 Å². The van der Waals surface area contributed by atoms with E-state index in [-0.39, 0.29) is 11.7 Å². The Morgan fingerprint density at radius 1 is 1.16 bits per heavy atom. The lowest BCUT2D eigenvalue weighted by Crippen LogP contribution is -2.65. The number of halogens is 1. The van der Waals surface area contributed by atoms with E-state index in [1.54, 1.807) is 29.2 Å². The van der Waals surface area contributed by atoms with Crippen LogP contribution in [0.4, 0.5) is 10.1 Å². The molecule has 1 unspecified atom stereocenters. The first kappa shape index (κ1) is 19.7. The molecule has 32 heavy (non-hydrogen) atoms. The first-order valence-electron chi connectivity index (χ1n) is 11.5. The van der Waals surface area contributed by atoms with Crippen LogP contribution in [0.5, 0.6) is 0 Å². The molecule has 1 atom stereocenters. The fraction of sp³-hybridized carbons (Fsp3) is 0.385. The Labute approximate surface area is 187 Å². The van der Waals surface area contributed by atoms with Crippen molar-refractivity contribution in [3.8, 4) is 11.1 Å². The van der Waals surface area contributed by atoms with Crippen molar-refractivity contribution in [3.63, 3.8) is 0 Å². The predicted molar refractivity (Wildman–Crippen MR) is 121 cm³/mol. The van der Waals surface area contributed by atoms with Crippen LogP contribution in [-0.4, -0.2) is 33.2 Å². The Morgan fingerprint density at radius 3 is 2.66 bits per heavy atom. The molecule has 6 rings (SSSR count). The van der Waals surface area contributed by atoms with Crippen LogP contribution in [0.1, 0.15) is 43.2 Å². The van der Waals surface area contributed by atoms with Crippen molar-refractivity contribution in [2.24, 2.45) is 7.05 Å². The van der Waals surface area contributed by atoms with Gasteiger partial charge in [-0.25, -0.2) is 4.39 Å². The van der Waals surface area contributed by atoms with Crippen LogP contribution < -0.4 is 4.90 Å². The van der Waals surface area contributed by atoms with Gasteiger partial charge >= 0.3 is 0 Å². The van der Waals surface area contributed by atoms with Crippen LogP contribution in [0, 0.1) is 5.82 Å². The molecule has 2 fully saturated rings. The minimum absolute atomic E-state index is 0.147. The SMILES string of the molecule is Cn1cc(-c2ccc(CN3C(=O)C4(CCN4C4CCCC4)c4ccccc43)cc2F)cn1. The molecule has 5 nitrogen and oxygen atoms in total. The Morgan fingerprint density at radius 2 is 1.97 bits per heavy atom. The van der Waals surface area contributed by atoms with E-state index in [4.69, 9.17) is 0 Å². The number of carbonyl (C=O) groups is 1. The topological polar surface area (TPSA) is 41.4 Å². The number of hydrogen-bond acceptors (Lipinski definition) is 3. The molecule has 2 aromatic carbocycles. The molecular weight excluding hydrogens is 403 g/mol. The predicted octanol–water partition coefficient (Wildman–Crippen LogP) is 4.62. The summed E-state index contributed by atoms with van der Waals surface area (Å²) in [7, 11) is 1.82. The minimum atomic E-state index is -0.528. The lowest BCUT2D eigenvalue weighted by Gasteiger charge is -2.52. The molecule has 1 saturated carbocycles. The summed E-state index contributed by atoms with van der Waals surface area (Å²) in [4.78, 5) is 18.2. The summed E-state index contributed by atoms with van der Waals surface area (Å²) in [6, 6.07) is 13.9. The zero-order valence-corrected chi connectivity index (χ0v) is 18.3. The first-order chi connectivity index (χ1) is 15.6. The number of likely N-dealkylation sites (tertiary alicyclic amines) is 1. The summed E-state index contributed by atoms with van der Waals surface area (Å²) in [6.45, 7) is 1.35. The highest BCUT2D eigenvalue weighted by Gasteiger charge is 2.61. The molecular formula is C26H27FN4O. The van der Waals surface area contributed by atoms with Crippen LogP contribution in [-0.2, 0) is 23.9 Å². The largest absolute Gasteiger partial charge is 0.306 e. The number of aromatic nitrogens is 2. The second-order valence-corrected chi connectivity index (χ2v) is 9.37. The van der Waals surface area contributed by atoms with Crippen LogP contribution in [0.3, 0.4) is 0 Å². The zero-order valence-electron chi connectivity index (χ0n) is 18.3. The smallest absolute Gasteiger partial charge is 0.252 e. The fourth-order valence-corrected chi connectivity index (χ4v) is 5.99. The number of benzene rings is 2. The van der Waals surface area contributed by atoms with Crippen molar-refractivity contribution in [2.75, 3.05) is 11.4 Å². The van der Waals surface area contributed by atoms with E-state index in [9.17, 15) is 9.18 Å². The third kappa shape index (κ3) is 2.78. The summed E-state index contributed by atoms with van der Waals surface area (Å²) in [5, 5.41) is 4.14. The van der Waals surface area contributed by atoms with E-state index >= 15 is 0 Å². The van der Waals surface area contributed by atoms with Gasteiger partial charge in [0.25, 0.3) is 5.91 Å². The number of carbonyl (C=O) groups excluding carboxylic acids is 1. The number of fused-ring (bicyclic) bond motifs is 2. The zero-order chi connectivity index (χ0) is 21.9. The van der Waals surface area contributed by atoms with Crippen molar-refractivity contribution in [1.82, 2.24) is 14.7 Å². The van der Waals surface area contributed by atoms with Crippen molar-refractivity contribution in [1.29, 1.82) is 0 Å². The number of hydrogen-bond donors (Lipinski definition) is 0. The molecule has 0 N–H and O–H groups in total. The number of rotatable bonds is 4. The van der Waals surface area contributed by atoms with Gasteiger partial charge in [-0.15, -0.1) is 0 Å². The molecule has 6 heteroatoms. The van der Waals surface area contributed by atoms with Crippen molar-refractivity contribution < 1.29 is 9.18 Å². The molecule has 1 saturated heterocycles. The van der Waals surface area contributed by atoms with E-state index < -0.39 is 5.54 Å². The molecule has 1 aromatic heterocycles. The Hall–Kier alpha value is -2.99. The number of anilines is 1. The molecule has 1 aliphatic carbocycles. The molecule has 164 valence electrons. The maximum Gasteiger partial charge on any atom is 0.252 e. The number of aryl methyl sites for hydroxylation is 1. The molecule has 3 heterocycles. The Bertz CT molecular complexity index is 1200. The van der Waals surface area contributed by atoms with Gasteiger partial charge in [0, 0.05) is 48.2 Å². The lowest BCUT2D eigenvalue weighted by molar-refractivity contribution is -0.143. The molecule has 0 radical (unpaired) electrons. The minimum Gasteiger partial charge on any atom is -0.306 e. The average Bonchev–Trinajstić information content (AvgIpc) is 3.49. The van der Waals surface area contributed by atoms with Gasteiger partial charge in [-0.3, -0.25) is 14.4 Å². The van der Waals surface area contributed by atoms with Gasteiger partial charge in [-0.1, -0.05) is 43.2 Å². The summed E-state index contributed by atoms with van der Waals surface area (Å²) in [5.74, 6) is -0.144. The van der Waals surface area contributed by atoms with Crippen LogP contribution in [0.25, 0.3) is 11.1 Å². The van der Waals surface area contributed by atoms with E-state index in [1.165, 1.54) is 25.7 Å². The molecule has 3 aliphatic rings. The Balaban J connectivity index is 1.32. The van der Waals surface area contributed by atoms with Crippen molar-refractivity contribution in [2.45, 2.75) is 50.2 Å². The standard InChI is InChI=1S/C26H27FN4O/c1-29-17-19(15-28-29)21-11-10-18(14-23(21)27)16-30-24-9-5-4-8-22(24)26(25(30)32)12-13-31(26)20-6-2-3-7-20/h4-5,8-11,14-15,17,20H,2-3,6-7,12-13,16H2,1H3. The van der Waals surface area contributed by atoms with Crippen LogP contribution in [0.15, 0.2) is 54.9 Å². The second kappa shape index (κ2) is 7.27. The van der Waals surface area contributed by atoms with E-state index in [0.29, 0.717) is 18.2 Å². The number of nitrogens with zero attached hydrogens (tertiary/aromatic N) is 4. The first-order valence-corrected chi connectivity index (χ1v) is 11.5. The van der Waals surface area contributed by atoms with Crippen molar-refractivity contribution in [3.05, 3.63) is 71.8 Å². The van der Waals surface area contributed by atoms with Crippen LogP contribution >= 0.6 is 0 Å². The maximum absolute atomic E-state index is 15.0. The second-order valence-electron chi connectivity index (χ2n) is 9.37. The van der Waals surface area contributed by atoms with Gasteiger partial charge in [-0.05, 0) is 37.0 Å². The van der Waals surface area contributed by atoms with Gasteiger partial charge in [0.15, 0.2) is 0 Å². The summed E-state index contributed by atoms with van der Waals surface area (Å²) >= 11 is 0. The average molecular weight is 431 g/mol. The highest BCUT2D eigenvalue weighted by atomic mass is 19.1. The molecule has 0 bridgehead atoms. The van der Waals surface area contributed by atoms with E-state index in [2.05, 4.69) is 16.1 Å². The van der Waals surface area contributed by atoms with Crippen molar-refractivity contribution >= 4 is 11.6 Å². The summed E-state index contributed by atoms with van der Waals surface area (Å²) in [6.07, 6.45) is 9.19. The monoisotopic (exact) mass is 430 g/mol. The fourth-order valence-electron chi connectivity index (χ4n) is 5.99. The molecule has 1 spiro atoms. The highest BCUT2D eigenvalue weighted by molar-refractivity contribution is 6.08. The van der Waals surface area contributed by atoms with Gasteiger partial charge in [-0.2, -0.15) is 5.10 Å². The maximum atomic E-state index is 15.0.